The number of hydrogen-bond donors (Lipinski definition) is 2. The minimum absolute atomic E-state index is 0.303. The highest BCUT2D eigenvalue weighted by atomic mass is 32.1. The van der Waals surface area contributed by atoms with E-state index < -0.39 is 29.7 Å². The number of nitrogens with one attached hydrogen (secondary N) is 1. The Balaban J connectivity index is 1.99. The predicted molar refractivity (Wildman–Crippen MR) is 121 cm³/mol. The molecule has 1 aliphatic carbocycles. The summed E-state index contributed by atoms with van der Waals surface area (Å²) in [5, 5.41) is 14.5. The Hall–Kier alpha value is -2.93. The van der Waals surface area contributed by atoms with Crippen molar-refractivity contribution in [1.82, 2.24) is 0 Å². The number of thiophene rings is 1. The van der Waals surface area contributed by atoms with E-state index in [0.29, 0.717) is 29.0 Å². The molecule has 7 heteroatoms. The van der Waals surface area contributed by atoms with E-state index in [2.05, 4.69) is 5.32 Å². The number of carboxylic acid groups (broad SMARTS) is 1. The molecule has 3 rings (SSSR count). The zero-order valence-electron chi connectivity index (χ0n) is 18.1. The minimum atomic E-state index is -0.994. The van der Waals surface area contributed by atoms with E-state index >= 15 is 0 Å². The molecule has 2 atom stereocenters. The number of aryl methyl sites for hydroxylation is 2. The Morgan fingerprint density at radius 1 is 1.10 bits per heavy atom. The molecule has 164 valence electrons. The van der Waals surface area contributed by atoms with Gasteiger partial charge in [-0.2, -0.15) is 0 Å². The molecule has 0 aliphatic heterocycles. The van der Waals surface area contributed by atoms with Crippen molar-refractivity contribution in [2.45, 2.75) is 46.6 Å². The molecule has 2 unspecified atom stereocenters. The first-order valence-electron chi connectivity index (χ1n) is 10.3. The number of benzene rings is 1. The quantitative estimate of drug-likeness (QED) is 0.475. The van der Waals surface area contributed by atoms with E-state index in [1.807, 2.05) is 43.5 Å². The maximum Gasteiger partial charge on any atom is 0.342 e. The van der Waals surface area contributed by atoms with Crippen LogP contribution in [-0.4, -0.2) is 29.1 Å². The third-order valence-corrected chi connectivity index (χ3v) is 6.23. The summed E-state index contributed by atoms with van der Waals surface area (Å²) in [6.45, 7) is 7.51. The highest BCUT2D eigenvalue weighted by molar-refractivity contribution is 7.15. The van der Waals surface area contributed by atoms with Crippen LogP contribution in [0.4, 0.5) is 5.00 Å². The Kier molecular flexibility index (Phi) is 6.95. The predicted octanol–water partition coefficient (Wildman–Crippen LogP) is 5.20. The van der Waals surface area contributed by atoms with Gasteiger partial charge < -0.3 is 15.2 Å². The van der Waals surface area contributed by atoms with Crippen molar-refractivity contribution >= 4 is 34.2 Å². The van der Waals surface area contributed by atoms with Crippen molar-refractivity contribution in [3.63, 3.8) is 0 Å². The SMILES string of the molecule is Cc1ccc(-c2csc(NC(=O)C3CC=CCC3C(=O)O)c2C(=O)OC(C)C)c(C)c1. The number of carbonyl (C=O) groups excluding carboxylic acids is 2. The van der Waals surface area contributed by atoms with Crippen molar-refractivity contribution < 1.29 is 24.2 Å². The van der Waals surface area contributed by atoms with Crippen LogP contribution in [0.5, 0.6) is 0 Å². The van der Waals surface area contributed by atoms with E-state index in [9.17, 15) is 19.5 Å². The number of allylic oxidation sites excluding steroid dienone is 2. The van der Waals surface area contributed by atoms with Crippen LogP contribution in [0.3, 0.4) is 0 Å². The topological polar surface area (TPSA) is 92.7 Å². The minimum Gasteiger partial charge on any atom is -0.481 e. The highest BCUT2D eigenvalue weighted by Gasteiger charge is 2.35. The second kappa shape index (κ2) is 9.47. The molecule has 1 aliphatic rings. The molecule has 31 heavy (non-hydrogen) atoms. The third-order valence-electron chi connectivity index (χ3n) is 5.33. The maximum absolute atomic E-state index is 13.0. The smallest absolute Gasteiger partial charge is 0.342 e. The first-order chi connectivity index (χ1) is 14.7. The second-order valence-electron chi connectivity index (χ2n) is 8.11. The molecule has 1 amide bonds. The fraction of sp³-hybridized carbons (Fsp3) is 0.375. The Labute approximate surface area is 185 Å². The van der Waals surface area contributed by atoms with Crippen molar-refractivity contribution in [3.05, 3.63) is 52.4 Å². The molecule has 0 bridgehead atoms. The molecule has 0 fully saturated rings. The Morgan fingerprint density at radius 2 is 1.77 bits per heavy atom. The van der Waals surface area contributed by atoms with Gasteiger partial charge in [-0.25, -0.2) is 4.79 Å². The Morgan fingerprint density at radius 3 is 2.39 bits per heavy atom. The largest absolute Gasteiger partial charge is 0.481 e. The number of rotatable bonds is 6. The van der Waals surface area contributed by atoms with Crippen LogP contribution in [0.2, 0.25) is 0 Å². The van der Waals surface area contributed by atoms with Crippen molar-refractivity contribution in [2.75, 3.05) is 5.32 Å². The van der Waals surface area contributed by atoms with Gasteiger partial charge in [-0.1, -0.05) is 35.9 Å². The summed E-state index contributed by atoms with van der Waals surface area (Å²) in [6.07, 6.45) is 3.96. The van der Waals surface area contributed by atoms with Crippen LogP contribution in [0.1, 0.15) is 48.2 Å². The maximum atomic E-state index is 13.0. The molecular formula is C24H27NO5S. The van der Waals surface area contributed by atoms with Crippen LogP contribution >= 0.6 is 11.3 Å². The molecule has 0 spiro atoms. The molecule has 1 aromatic carbocycles. The van der Waals surface area contributed by atoms with Gasteiger partial charge in [0.05, 0.1) is 17.9 Å². The summed E-state index contributed by atoms with van der Waals surface area (Å²) < 4.78 is 5.46. The van der Waals surface area contributed by atoms with E-state index in [1.165, 1.54) is 11.3 Å². The monoisotopic (exact) mass is 441 g/mol. The summed E-state index contributed by atoms with van der Waals surface area (Å²) in [5.74, 6) is -3.38. The number of carboxylic acids is 1. The number of aliphatic carboxylic acids is 1. The first kappa shape index (κ1) is 22.7. The van der Waals surface area contributed by atoms with Gasteiger partial charge in [0, 0.05) is 10.9 Å². The van der Waals surface area contributed by atoms with Gasteiger partial charge in [-0.15, -0.1) is 11.3 Å². The standard InChI is InChI=1S/C24H27NO5S/c1-13(2)30-24(29)20-19(16-10-9-14(3)11-15(16)4)12-31-22(20)25-21(26)17-7-5-6-8-18(17)23(27)28/h5-6,9-13,17-18H,7-8H2,1-4H3,(H,25,26)(H,27,28). The summed E-state index contributed by atoms with van der Waals surface area (Å²) in [6, 6.07) is 5.97. The first-order valence-corrected chi connectivity index (χ1v) is 11.2. The molecule has 6 nitrogen and oxygen atoms in total. The number of ether oxygens (including phenoxy) is 1. The van der Waals surface area contributed by atoms with Gasteiger partial charge in [-0.05, 0) is 51.7 Å². The van der Waals surface area contributed by atoms with Gasteiger partial charge >= 0.3 is 11.9 Å². The van der Waals surface area contributed by atoms with Gasteiger partial charge in [-0.3, -0.25) is 9.59 Å². The van der Waals surface area contributed by atoms with Crippen molar-refractivity contribution in [3.8, 4) is 11.1 Å². The molecule has 1 aromatic heterocycles. The fourth-order valence-electron chi connectivity index (χ4n) is 3.82. The molecule has 1 heterocycles. The van der Waals surface area contributed by atoms with E-state index in [0.717, 1.165) is 16.7 Å². The zero-order chi connectivity index (χ0) is 22.7. The van der Waals surface area contributed by atoms with E-state index in [1.54, 1.807) is 19.9 Å². The molecule has 0 radical (unpaired) electrons. The lowest BCUT2D eigenvalue weighted by molar-refractivity contribution is -0.146. The van der Waals surface area contributed by atoms with Gasteiger partial charge in [0.1, 0.15) is 10.6 Å². The van der Waals surface area contributed by atoms with Crippen LogP contribution < -0.4 is 5.32 Å². The number of hydrogen-bond acceptors (Lipinski definition) is 5. The summed E-state index contributed by atoms with van der Waals surface area (Å²) in [4.78, 5) is 37.5. The molecule has 0 saturated heterocycles. The van der Waals surface area contributed by atoms with Gasteiger partial charge in [0.15, 0.2) is 0 Å². The van der Waals surface area contributed by atoms with Crippen LogP contribution in [0, 0.1) is 25.7 Å². The number of esters is 1. The molecule has 2 aromatic rings. The van der Waals surface area contributed by atoms with Crippen molar-refractivity contribution in [1.29, 1.82) is 0 Å². The fourth-order valence-corrected chi connectivity index (χ4v) is 4.77. The molecule has 2 N–H and O–H groups in total. The average Bonchev–Trinajstić information content (AvgIpc) is 3.10. The van der Waals surface area contributed by atoms with E-state index in [4.69, 9.17) is 4.74 Å². The van der Waals surface area contributed by atoms with Gasteiger partial charge in [0.2, 0.25) is 5.91 Å². The van der Waals surface area contributed by atoms with Crippen LogP contribution in [0.25, 0.3) is 11.1 Å². The van der Waals surface area contributed by atoms with Crippen LogP contribution in [-0.2, 0) is 14.3 Å². The van der Waals surface area contributed by atoms with Crippen molar-refractivity contribution in [2.24, 2.45) is 11.8 Å². The number of amides is 1. The highest BCUT2D eigenvalue weighted by Crippen LogP contribution is 2.39. The number of carbonyl (C=O) groups is 3. The average molecular weight is 442 g/mol. The Bertz CT molecular complexity index is 1040. The summed E-state index contributed by atoms with van der Waals surface area (Å²) >= 11 is 1.24. The molecule has 0 saturated carbocycles. The van der Waals surface area contributed by atoms with Crippen LogP contribution in [0.15, 0.2) is 35.7 Å². The molecular weight excluding hydrogens is 414 g/mol. The summed E-state index contributed by atoms with van der Waals surface area (Å²) in [5.41, 5.74) is 4.01. The third kappa shape index (κ3) is 5.05. The zero-order valence-corrected chi connectivity index (χ0v) is 18.9. The summed E-state index contributed by atoms with van der Waals surface area (Å²) in [7, 11) is 0. The lowest BCUT2D eigenvalue weighted by atomic mass is 9.82. The normalized spacial score (nSPS) is 18.1. The van der Waals surface area contributed by atoms with Gasteiger partial charge in [0.25, 0.3) is 0 Å². The van der Waals surface area contributed by atoms with E-state index in [-0.39, 0.29) is 6.10 Å². The second-order valence-corrected chi connectivity index (χ2v) is 8.99. The number of anilines is 1. The lowest BCUT2D eigenvalue weighted by Crippen LogP contribution is -2.34. The lowest BCUT2D eigenvalue weighted by Gasteiger charge is -2.24.